The minimum absolute atomic E-state index is 0.00825. The Kier molecular flexibility index (Phi) is 4.99. The van der Waals surface area contributed by atoms with Crippen LogP contribution in [-0.4, -0.2) is 110 Å². The molecule has 5 aliphatic carbocycles. The van der Waals surface area contributed by atoms with Crippen molar-refractivity contribution in [3.8, 4) is 0 Å². The summed E-state index contributed by atoms with van der Waals surface area (Å²) in [5, 5.41) is 37.6. The van der Waals surface area contributed by atoms with Crippen LogP contribution in [-0.2, 0) is 18.9 Å². The molecule has 188 valence electrons. The quantitative estimate of drug-likeness (QED) is 0.512. The molecule has 13 atom stereocenters. The molecule has 0 aromatic carbocycles. The Hall–Kier alpha value is -0.320. The first-order chi connectivity index (χ1) is 15.8. The molecule has 0 aromatic rings. The Morgan fingerprint density at radius 3 is 2.42 bits per heavy atom. The van der Waals surface area contributed by atoms with E-state index in [2.05, 4.69) is 11.8 Å². The minimum atomic E-state index is -1.55. The normalized spacial score (nSPS) is 60.9. The number of ether oxygens (including phenoxy) is 4. The Labute approximate surface area is 196 Å². The van der Waals surface area contributed by atoms with E-state index >= 15 is 0 Å². The van der Waals surface area contributed by atoms with Crippen LogP contribution in [0.25, 0.3) is 0 Å². The number of nitrogens with zero attached hydrogens (tertiary/aromatic N) is 1. The van der Waals surface area contributed by atoms with Gasteiger partial charge in [-0.15, -0.1) is 0 Å². The maximum atomic E-state index is 12.9. The van der Waals surface area contributed by atoms with Gasteiger partial charge in [-0.1, -0.05) is 6.92 Å². The third-order valence-corrected chi connectivity index (χ3v) is 11.5. The molecule has 1 aliphatic heterocycles. The molecule has 8 heteroatoms. The van der Waals surface area contributed by atoms with Gasteiger partial charge in [0.25, 0.3) is 0 Å². The molecule has 8 nitrogen and oxygen atoms in total. The van der Waals surface area contributed by atoms with Crippen molar-refractivity contribution in [2.45, 2.75) is 74.3 Å². The van der Waals surface area contributed by atoms with E-state index in [1.807, 2.05) is 0 Å². The Morgan fingerprint density at radius 2 is 1.82 bits per heavy atom. The first-order valence-electron chi connectivity index (χ1n) is 12.7. The maximum absolute atomic E-state index is 12.9. The number of hydrogen-bond donors (Lipinski definition) is 3. The zero-order chi connectivity index (χ0) is 23.6. The molecule has 3 N–H and O–H groups in total. The monoisotopic (exact) mass is 467 g/mol. The summed E-state index contributed by atoms with van der Waals surface area (Å²) in [6.45, 7) is 4.18. The van der Waals surface area contributed by atoms with Crippen molar-refractivity contribution in [2.24, 2.45) is 34.5 Å². The SMILES string of the molecule is CCN1C[C@]2(COC)CCC(O)C34C1C(O)([C@@H](OC)[C@@H]32)[C@@]1(O)C[C@H](OC)[C@H]2C[C@@H]4[C@@H]1[C@H]2OC. The van der Waals surface area contributed by atoms with Gasteiger partial charge < -0.3 is 34.3 Å². The van der Waals surface area contributed by atoms with Gasteiger partial charge in [-0.3, -0.25) is 4.90 Å². The summed E-state index contributed by atoms with van der Waals surface area (Å²) in [5.74, 6) is -0.231. The van der Waals surface area contributed by atoms with Gasteiger partial charge in [-0.25, -0.2) is 0 Å². The van der Waals surface area contributed by atoms with Crippen LogP contribution in [0, 0.1) is 34.5 Å². The van der Waals surface area contributed by atoms with E-state index in [4.69, 9.17) is 18.9 Å². The number of likely N-dealkylation sites (tertiary alicyclic amines) is 1. The molecule has 0 radical (unpaired) electrons. The van der Waals surface area contributed by atoms with E-state index < -0.39 is 28.8 Å². The highest BCUT2D eigenvalue weighted by molar-refractivity contribution is 5.41. The molecule has 1 heterocycles. The number of aliphatic hydroxyl groups is 3. The van der Waals surface area contributed by atoms with Crippen LogP contribution in [0.1, 0.15) is 32.6 Å². The van der Waals surface area contributed by atoms with Crippen LogP contribution >= 0.6 is 0 Å². The summed E-state index contributed by atoms with van der Waals surface area (Å²) in [6.07, 6.45) is 1.06. The molecular weight excluding hydrogens is 426 g/mol. The molecule has 0 aromatic heterocycles. The fourth-order valence-electron chi connectivity index (χ4n) is 11.0. The van der Waals surface area contributed by atoms with Gasteiger partial charge in [0.1, 0.15) is 11.2 Å². The molecule has 5 saturated carbocycles. The predicted octanol–water partition coefficient (Wildman–Crippen LogP) is 0.271. The van der Waals surface area contributed by atoms with Crippen LogP contribution in [0.3, 0.4) is 0 Å². The van der Waals surface area contributed by atoms with Crippen LogP contribution in [0.5, 0.6) is 0 Å². The molecule has 6 aliphatic rings. The average molecular weight is 468 g/mol. The standard InChI is InChI=1S/C25H41NO7/c1-6-26-11-22(12-30-2)8-7-16(27)24-14-9-13-15(31-3)10-23(28,17(14)18(13)32-4)25(29,21(24)26)20(33-5)19(22)24/h13-21,27-29H,6-12H2,1-5H3/t13-,14-,15+,16?,17-,18+,19-,20+,21?,22+,23-,24?,25?/m1/s1. The van der Waals surface area contributed by atoms with Crippen molar-refractivity contribution in [3.63, 3.8) is 0 Å². The van der Waals surface area contributed by atoms with Gasteiger partial charge in [-0.05, 0) is 31.7 Å². The van der Waals surface area contributed by atoms with Gasteiger partial charge >= 0.3 is 0 Å². The highest BCUT2D eigenvalue weighted by Gasteiger charge is 2.91. The highest BCUT2D eigenvalue weighted by atomic mass is 16.5. The van der Waals surface area contributed by atoms with Crippen molar-refractivity contribution < 1.29 is 34.3 Å². The molecule has 4 unspecified atom stereocenters. The molecule has 1 spiro atoms. The molecule has 6 rings (SSSR count). The van der Waals surface area contributed by atoms with Crippen molar-refractivity contribution in [1.82, 2.24) is 4.90 Å². The van der Waals surface area contributed by atoms with Crippen LogP contribution < -0.4 is 0 Å². The first kappa shape index (κ1) is 23.1. The summed E-state index contributed by atoms with van der Waals surface area (Å²) in [4.78, 5) is 2.33. The smallest absolute Gasteiger partial charge is 0.136 e. The van der Waals surface area contributed by atoms with E-state index in [-0.39, 0.29) is 47.3 Å². The maximum Gasteiger partial charge on any atom is 0.136 e. The molecule has 33 heavy (non-hydrogen) atoms. The predicted molar refractivity (Wildman–Crippen MR) is 119 cm³/mol. The van der Waals surface area contributed by atoms with Gasteiger partial charge in [0.2, 0.25) is 0 Å². The van der Waals surface area contributed by atoms with E-state index in [9.17, 15) is 15.3 Å². The largest absolute Gasteiger partial charge is 0.392 e. The summed E-state index contributed by atoms with van der Waals surface area (Å²) in [5.41, 5.74) is -3.82. The van der Waals surface area contributed by atoms with Gasteiger partial charge in [-0.2, -0.15) is 0 Å². The Balaban J connectivity index is 1.67. The van der Waals surface area contributed by atoms with E-state index in [1.54, 1.807) is 28.4 Å². The van der Waals surface area contributed by atoms with E-state index in [1.165, 1.54) is 0 Å². The third kappa shape index (κ3) is 2.20. The number of hydrogen-bond acceptors (Lipinski definition) is 8. The second-order valence-electron chi connectivity index (χ2n) is 11.9. The number of aliphatic hydroxyl groups excluding tert-OH is 1. The first-order valence-corrected chi connectivity index (χ1v) is 12.7. The van der Waals surface area contributed by atoms with Crippen molar-refractivity contribution in [1.29, 1.82) is 0 Å². The lowest BCUT2D eigenvalue weighted by atomic mass is 9.42. The summed E-state index contributed by atoms with van der Waals surface area (Å²) < 4.78 is 24.0. The lowest BCUT2D eigenvalue weighted by Gasteiger charge is -2.69. The summed E-state index contributed by atoms with van der Waals surface area (Å²) >= 11 is 0. The second kappa shape index (κ2) is 7.13. The number of fused-ring (bicyclic) bond motifs is 2. The molecule has 6 fully saturated rings. The number of rotatable bonds is 6. The van der Waals surface area contributed by atoms with Gasteiger partial charge in [0.05, 0.1) is 37.1 Å². The third-order valence-electron chi connectivity index (χ3n) is 11.5. The highest BCUT2D eigenvalue weighted by Crippen LogP contribution is 2.80. The average Bonchev–Trinajstić information content (AvgIpc) is 3.22. The van der Waals surface area contributed by atoms with Crippen molar-refractivity contribution in [3.05, 3.63) is 0 Å². The van der Waals surface area contributed by atoms with Gasteiger partial charge in [0.15, 0.2) is 0 Å². The summed E-state index contributed by atoms with van der Waals surface area (Å²) in [7, 11) is 6.79. The fourth-order valence-corrected chi connectivity index (χ4v) is 11.0. The lowest BCUT2D eigenvalue weighted by molar-refractivity contribution is -0.318. The van der Waals surface area contributed by atoms with Crippen molar-refractivity contribution >= 4 is 0 Å². The zero-order valence-electron chi connectivity index (χ0n) is 20.6. The molecule has 7 bridgehead atoms. The number of piperidine rings is 1. The zero-order valence-corrected chi connectivity index (χ0v) is 20.6. The topological polar surface area (TPSA) is 101 Å². The van der Waals surface area contributed by atoms with Crippen molar-refractivity contribution in [2.75, 3.05) is 48.1 Å². The lowest BCUT2D eigenvalue weighted by Crippen LogP contribution is -2.82. The van der Waals surface area contributed by atoms with Crippen LogP contribution in [0.15, 0.2) is 0 Å². The van der Waals surface area contributed by atoms with E-state index in [0.717, 1.165) is 25.9 Å². The number of methoxy groups -OCH3 is 4. The number of likely N-dealkylation sites (N-methyl/N-ethyl adjacent to an activating group) is 1. The molecular formula is C25H41NO7. The Morgan fingerprint density at radius 1 is 1.06 bits per heavy atom. The molecule has 0 amide bonds. The molecule has 1 saturated heterocycles. The summed E-state index contributed by atoms with van der Waals surface area (Å²) in [6, 6.07) is -0.386. The van der Waals surface area contributed by atoms with Crippen LogP contribution in [0.4, 0.5) is 0 Å². The second-order valence-corrected chi connectivity index (χ2v) is 11.9. The van der Waals surface area contributed by atoms with Crippen LogP contribution in [0.2, 0.25) is 0 Å². The Bertz CT molecular complexity index is 814. The fraction of sp³-hybridized carbons (Fsp3) is 1.00. The van der Waals surface area contributed by atoms with E-state index in [0.29, 0.717) is 19.4 Å². The minimum Gasteiger partial charge on any atom is -0.392 e. The van der Waals surface area contributed by atoms with Gasteiger partial charge in [0, 0.05) is 70.0 Å².